The average molecular weight is 203 g/mol. The number of nitrogens with two attached hydrogens (primary N) is 1. The van der Waals surface area contributed by atoms with Gasteiger partial charge in [0.05, 0.1) is 7.11 Å². The zero-order chi connectivity index (χ0) is 11.0. The number of methoxy groups -OCH3 is 1. The Hall–Kier alpha value is -1.77. The maximum absolute atomic E-state index is 11.9. The highest BCUT2D eigenvalue weighted by molar-refractivity contribution is 6.20. The second-order valence-electron chi connectivity index (χ2n) is 3.49. The first-order chi connectivity index (χ1) is 7.19. The van der Waals surface area contributed by atoms with Crippen LogP contribution in [0.15, 0.2) is 23.8 Å². The summed E-state index contributed by atoms with van der Waals surface area (Å²) in [7, 11) is 1.60. The fraction of sp³-hybridized carbons (Fsp3) is 0.250. The van der Waals surface area contributed by atoms with Gasteiger partial charge in [-0.15, -0.1) is 0 Å². The van der Waals surface area contributed by atoms with E-state index in [0.717, 1.165) is 11.3 Å². The predicted octanol–water partition coefficient (Wildman–Crippen LogP) is 1.97. The van der Waals surface area contributed by atoms with Gasteiger partial charge in [0, 0.05) is 22.4 Å². The number of hydrogen-bond donors (Lipinski definition) is 1. The van der Waals surface area contributed by atoms with Crippen molar-refractivity contribution in [2.45, 2.75) is 13.3 Å². The van der Waals surface area contributed by atoms with Crippen molar-refractivity contribution in [1.29, 1.82) is 0 Å². The van der Waals surface area contributed by atoms with Gasteiger partial charge < -0.3 is 10.5 Å². The van der Waals surface area contributed by atoms with Gasteiger partial charge in [-0.1, -0.05) is 6.92 Å². The molecule has 1 aliphatic carbocycles. The zero-order valence-corrected chi connectivity index (χ0v) is 8.83. The maximum Gasteiger partial charge on any atom is 0.191 e. The van der Waals surface area contributed by atoms with Crippen molar-refractivity contribution in [2.75, 3.05) is 7.11 Å². The largest absolute Gasteiger partial charge is 0.497 e. The van der Waals surface area contributed by atoms with Gasteiger partial charge in [-0.3, -0.25) is 4.79 Å². The molecule has 3 heteroatoms. The van der Waals surface area contributed by atoms with E-state index in [1.165, 1.54) is 0 Å². The molecule has 0 radical (unpaired) electrons. The highest BCUT2D eigenvalue weighted by Gasteiger charge is 2.26. The molecule has 0 spiro atoms. The van der Waals surface area contributed by atoms with Crippen LogP contribution in [0.4, 0.5) is 0 Å². The van der Waals surface area contributed by atoms with Gasteiger partial charge in [0.15, 0.2) is 5.78 Å². The molecule has 15 heavy (non-hydrogen) atoms. The van der Waals surface area contributed by atoms with E-state index in [1.807, 2.05) is 13.0 Å². The Morgan fingerprint density at radius 2 is 2.07 bits per heavy atom. The molecule has 2 N–H and O–H groups in total. The summed E-state index contributed by atoms with van der Waals surface area (Å²) < 4.78 is 5.10. The monoisotopic (exact) mass is 203 g/mol. The normalized spacial score (nSPS) is 14.4. The minimum Gasteiger partial charge on any atom is -0.497 e. The lowest BCUT2D eigenvalue weighted by Gasteiger charge is -2.03. The minimum atomic E-state index is 0.0488. The molecule has 78 valence electrons. The summed E-state index contributed by atoms with van der Waals surface area (Å²) >= 11 is 0. The van der Waals surface area contributed by atoms with Crippen molar-refractivity contribution >= 4 is 11.5 Å². The summed E-state index contributed by atoms with van der Waals surface area (Å²) in [6.07, 6.45) is 0.668. The number of allylic oxidation sites excluding steroid dienone is 1. The lowest BCUT2D eigenvalue weighted by molar-refractivity contribution is 0.103. The number of ether oxygens (including phenoxy) is 1. The molecule has 0 aromatic heterocycles. The lowest BCUT2D eigenvalue weighted by Crippen LogP contribution is -1.98. The quantitative estimate of drug-likeness (QED) is 0.799. The van der Waals surface area contributed by atoms with Gasteiger partial charge in [0.1, 0.15) is 5.75 Å². The van der Waals surface area contributed by atoms with Crippen LogP contribution in [0.1, 0.15) is 29.3 Å². The molecule has 3 nitrogen and oxygen atoms in total. The number of rotatable bonds is 2. The Balaban J connectivity index is 2.59. The smallest absolute Gasteiger partial charge is 0.191 e. The third kappa shape index (κ3) is 1.31. The highest BCUT2D eigenvalue weighted by Crippen LogP contribution is 2.33. The average Bonchev–Trinajstić information content (AvgIpc) is 2.51. The molecule has 0 unspecified atom stereocenters. The van der Waals surface area contributed by atoms with Crippen molar-refractivity contribution in [2.24, 2.45) is 5.73 Å². The number of Topliss-reactive ketones (excluding diaryl/α,β-unsaturated/α-hetero) is 1. The van der Waals surface area contributed by atoms with Crippen LogP contribution in [0.2, 0.25) is 0 Å². The SMILES string of the molecule is CCC1=C(N)c2cc(OC)ccc2C1=O. The van der Waals surface area contributed by atoms with Crippen molar-refractivity contribution in [3.63, 3.8) is 0 Å². The van der Waals surface area contributed by atoms with Gasteiger partial charge in [0.25, 0.3) is 0 Å². The van der Waals surface area contributed by atoms with Crippen molar-refractivity contribution < 1.29 is 9.53 Å². The van der Waals surface area contributed by atoms with Gasteiger partial charge in [-0.25, -0.2) is 0 Å². The molecular formula is C12H13NO2. The lowest BCUT2D eigenvalue weighted by atomic mass is 10.1. The van der Waals surface area contributed by atoms with Crippen molar-refractivity contribution in [1.82, 2.24) is 0 Å². The molecule has 1 aliphatic rings. The van der Waals surface area contributed by atoms with Crippen LogP contribution in [0.25, 0.3) is 5.70 Å². The van der Waals surface area contributed by atoms with E-state index in [4.69, 9.17) is 10.5 Å². The minimum absolute atomic E-state index is 0.0488. The number of carbonyl (C=O) groups excluding carboxylic acids is 1. The first kappa shape index (κ1) is 9.77. The van der Waals surface area contributed by atoms with E-state index < -0.39 is 0 Å². The standard InChI is InChI=1S/C12H13NO2/c1-3-8-11(13)10-6-7(15-2)4-5-9(10)12(8)14/h4-6H,3,13H2,1-2H3. The van der Waals surface area contributed by atoms with Crippen LogP contribution in [0.5, 0.6) is 5.75 Å². The highest BCUT2D eigenvalue weighted by atomic mass is 16.5. The van der Waals surface area contributed by atoms with E-state index >= 15 is 0 Å². The Morgan fingerprint density at radius 1 is 1.33 bits per heavy atom. The molecule has 0 saturated carbocycles. The molecule has 0 amide bonds. The number of benzene rings is 1. The van der Waals surface area contributed by atoms with Crippen LogP contribution >= 0.6 is 0 Å². The van der Waals surface area contributed by atoms with Crippen LogP contribution in [0.3, 0.4) is 0 Å². The molecular weight excluding hydrogens is 190 g/mol. The molecule has 0 fully saturated rings. The third-order valence-corrected chi connectivity index (χ3v) is 2.71. The number of hydrogen-bond acceptors (Lipinski definition) is 3. The molecule has 0 saturated heterocycles. The molecule has 0 bridgehead atoms. The molecule has 0 atom stereocenters. The summed E-state index contributed by atoms with van der Waals surface area (Å²) in [5, 5.41) is 0. The van der Waals surface area contributed by atoms with Gasteiger partial charge in [-0.2, -0.15) is 0 Å². The van der Waals surface area contributed by atoms with Gasteiger partial charge in [-0.05, 0) is 24.6 Å². The van der Waals surface area contributed by atoms with Gasteiger partial charge >= 0.3 is 0 Å². The summed E-state index contributed by atoms with van der Waals surface area (Å²) in [6.45, 7) is 1.93. The number of carbonyl (C=O) groups is 1. The fourth-order valence-electron chi connectivity index (χ4n) is 1.87. The molecule has 1 aromatic carbocycles. The molecule has 1 aromatic rings. The number of fused-ring (bicyclic) bond motifs is 1. The summed E-state index contributed by atoms with van der Waals surface area (Å²) in [5.74, 6) is 0.773. The Bertz CT molecular complexity index is 461. The Labute approximate surface area is 88.5 Å². The van der Waals surface area contributed by atoms with Crippen LogP contribution in [-0.4, -0.2) is 12.9 Å². The summed E-state index contributed by atoms with van der Waals surface area (Å²) in [5.41, 5.74) is 8.71. The summed E-state index contributed by atoms with van der Waals surface area (Å²) in [4.78, 5) is 11.9. The maximum atomic E-state index is 11.9. The Morgan fingerprint density at radius 3 is 2.67 bits per heavy atom. The second-order valence-corrected chi connectivity index (χ2v) is 3.49. The van der Waals surface area contributed by atoms with E-state index in [-0.39, 0.29) is 5.78 Å². The van der Waals surface area contributed by atoms with E-state index in [0.29, 0.717) is 23.3 Å². The van der Waals surface area contributed by atoms with Crippen LogP contribution in [0, 0.1) is 0 Å². The number of ketones is 1. The zero-order valence-electron chi connectivity index (χ0n) is 8.83. The molecule has 0 aliphatic heterocycles. The first-order valence-electron chi connectivity index (χ1n) is 4.90. The van der Waals surface area contributed by atoms with E-state index in [9.17, 15) is 4.79 Å². The Kier molecular flexibility index (Phi) is 2.23. The fourth-order valence-corrected chi connectivity index (χ4v) is 1.87. The second kappa shape index (κ2) is 3.42. The predicted molar refractivity (Wildman–Crippen MR) is 58.7 cm³/mol. The first-order valence-corrected chi connectivity index (χ1v) is 4.90. The molecule has 0 heterocycles. The van der Waals surface area contributed by atoms with Crippen molar-refractivity contribution in [3.8, 4) is 5.75 Å². The van der Waals surface area contributed by atoms with Crippen LogP contribution < -0.4 is 10.5 Å². The van der Waals surface area contributed by atoms with Gasteiger partial charge in [0.2, 0.25) is 0 Å². The van der Waals surface area contributed by atoms with Crippen molar-refractivity contribution in [3.05, 3.63) is 34.9 Å². The van der Waals surface area contributed by atoms with E-state index in [2.05, 4.69) is 0 Å². The third-order valence-electron chi connectivity index (χ3n) is 2.71. The topological polar surface area (TPSA) is 52.3 Å². The van der Waals surface area contributed by atoms with E-state index in [1.54, 1.807) is 19.2 Å². The summed E-state index contributed by atoms with van der Waals surface area (Å²) in [6, 6.07) is 5.36. The molecule has 2 rings (SSSR count). The van der Waals surface area contributed by atoms with Crippen LogP contribution in [-0.2, 0) is 0 Å².